The van der Waals surface area contributed by atoms with Gasteiger partial charge in [0.05, 0.1) is 6.61 Å². The van der Waals surface area contributed by atoms with Gasteiger partial charge in [0.15, 0.2) is 0 Å². The van der Waals surface area contributed by atoms with Crippen LogP contribution in [0.2, 0.25) is 0 Å². The van der Waals surface area contributed by atoms with Gasteiger partial charge in [-0.3, -0.25) is 0 Å². The van der Waals surface area contributed by atoms with Crippen molar-refractivity contribution >= 4 is 0 Å². The van der Waals surface area contributed by atoms with Crippen molar-refractivity contribution in [1.82, 2.24) is 4.98 Å². The Labute approximate surface area is 112 Å². The average molecular weight is 259 g/mol. The van der Waals surface area contributed by atoms with Crippen LogP contribution in [0.15, 0.2) is 36.5 Å². The molecule has 1 aromatic carbocycles. The summed E-state index contributed by atoms with van der Waals surface area (Å²) in [6.45, 7) is 1.93. The zero-order chi connectivity index (χ0) is 13.7. The van der Waals surface area contributed by atoms with E-state index in [4.69, 9.17) is 14.9 Å². The summed E-state index contributed by atoms with van der Waals surface area (Å²) in [6.07, 6.45) is 2.14. The summed E-state index contributed by atoms with van der Waals surface area (Å²) < 4.78 is 5.79. The molecular formula is C15H17NO3. The molecule has 0 unspecified atom stereocenters. The quantitative estimate of drug-likeness (QED) is 0.864. The van der Waals surface area contributed by atoms with Crippen molar-refractivity contribution in [2.75, 3.05) is 6.61 Å². The van der Waals surface area contributed by atoms with E-state index in [0.29, 0.717) is 18.1 Å². The summed E-state index contributed by atoms with van der Waals surface area (Å²) in [7, 11) is 0. The number of para-hydroxylation sites is 1. The number of ether oxygens (including phenoxy) is 1. The maximum absolute atomic E-state index is 9.05. The van der Waals surface area contributed by atoms with Crippen LogP contribution in [-0.4, -0.2) is 21.8 Å². The smallest absolute Gasteiger partial charge is 0.222 e. The number of rotatable bonds is 5. The molecule has 1 heterocycles. The molecule has 0 saturated heterocycles. The highest BCUT2D eigenvalue weighted by molar-refractivity contribution is 5.38. The molecule has 0 radical (unpaired) electrons. The van der Waals surface area contributed by atoms with Gasteiger partial charge in [-0.25, -0.2) is 4.98 Å². The summed E-state index contributed by atoms with van der Waals surface area (Å²) in [5.41, 5.74) is 2.57. The van der Waals surface area contributed by atoms with Crippen LogP contribution in [0.4, 0.5) is 0 Å². The van der Waals surface area contributed by atoms with Crippen molar-refractivity contribution in [2.45, 2.75) is 20.0 Å². The van der Waals surface area contributed by atoms with Gasteiger partial charge in [0.1, 0.15) is 5.75 Å². The number of hydrogen-bond donors (Lipinski definition) is 2. The monoisotopic (exact) mass is 259 g/mol. The zero-order valence-electron chi connectivity index (χ0n) is 10.8. The molecule has 19 heavy (non-hydrogen) atoms. The molecule has 0 aliphatic carbocycles. The first kappa shape index (κ1) is 13.5. The number of pyridine rings is 1. The number of aromatic nitrogens is 1. The van der Waals surface area contributed by atoms with Crippen LogP contribution in [0.25, 0.3) is 0 Å². The lowest BCUT2D eigenvalue weighted by molar-refractivity contribution is 0.281. The van der Waals surface area contributed by atoms with Crippen LogP contribution < -0.4 is 4.74 Å². The summed E-state index contributed by atoms with van der Waals surface area (Å²) in [5.74, 6) is 1.21. The van der Waals surface area contributed by atoms with Gasteiger partial charge in [-0.1, -0.05) is 18.2 Å². The van der Waals surface area contributed by atoms with E-state index in [0.717, 1.165) is 16.7 Å². The van der Waals surface area contributed by atoms with Crippen molar-refractivity contribution in [2.24, 2.45) is 0 Å². The molecule has 2 N–H and O–H groups in total. The van der Waals surface area contributed by atoms with E-state index in [-0.39, 0.29) is 13.2 Å². The summed E-state index contributed by atoms with van der Waals surface area (Å²) in [6, 6.07) is 9.41. The first-order valence-corrected chi connectivity index (χ1v) is 6.17. The normalized spacial score (nSPS) is 10.5. The molecule has 4 heteroatoms. The van der Waals surface area contributed by atoms with Gasteiger partial charge < -0.3 is 14.9 Å². The van der Waals surface area contributed by atoms with E-state index in [1.807, 2.05) is 37.3 Å². The SMILES string of the molecule is Cc1cc(CO)cnc1Oc1ccccc1CCO. The second kappa shape index (κ2) is 6.31. The molecule has 0 atom stereocenters. The first-order chi connectivity index (χ1) is 9.24. The standard InChI is InChI=1S/C15H17NO3/c1-11-8-12(10-18)9-16-15(11)19-14-5-3-2-4-13(14)6-7-17/h2-5,8-9,17-18H,6-7,10H2,1H3. The molecule has 4 nitrogen and oxygen atoms in total. The van der Waals surface area contributed by atoms with Crippen molar-refractivity contribution in [3.8, 4) is 11.6 Å². The third kappa shape index (κ3) is 3.30. The highest BCUT2D eigenvalue weighted by atomic mass is 16.5. The lowest BCUT2D eigenvalue weighted by Gasteiger charge is -2.11. The van der Waals surface area contributed by atoms with Gasteiger partial charge in [0.2, 0.25) is 5.88 Å². The van der Waals surface area contributed by atoms with Gasteiger partial charge in [-0.2, -0.15) is 0 Å². The van der Waals surface area contributed by atoms with Crippen LogP contribution in [0.5, 0.6) is 11.6 Å². The van der Waals surface area contributed by atoms with Gasteiger partial charge in [0, 0.05) is 18.4 Å². The number of aliphatic hydroxyl groups excluding tert-OH is 2. The molecule has 1 aromatic heterocycles. The molecule has 0 saturated carbocycles. The van der Waals surface area contributed by atoms with E-state index in [1.54, 1.807) is 6.20 Å². The maximum Gasteiger partial charge on any atom is 0.222 e. The minimum absolute atomic E-state index is 0.0325. The Hall–Kier alpha value is -1.91. The van der Waals surface area contributed by atoms with Crippen molar-refractivity contribution in [3.63, 3.8) is 0 Å². The summed E-state index contributed by atoms with van der Waals surface area (Å²) in [5, 5.41) is 18.1. The Morgan fingerprint density at radius 2 is 2.00 bits per heavy atom. The van der Waals surface area contributed by atoms with E-state index in [2.05, 4.69) is 4.98 Å². The van der Waals surface area contributed by atoms with Gasteiger partial charge in [-0.15, -0.1) is 0 Å². The average Bonchev–Trinajstić information content (AvgIpc) is 2.43. The Kier molecular flexibility index (Phi) is 4.49. The Morgan fingerprint density at radius 3 is 2.68 bits per heavy atom. The minimum Gasteiger partial charge on any atom is -0.438 e. The van der Waals surface area contributed by atoms with Gasteiger partial charge in [-0.05, 0) is 36.6 Å². The number of hydrogen-bond acceptors (Lipinski definition) is 4. The molecule has 0 aliphatic rings. The lowest BCUT2D eigenvalue weighted by Crippen LogP contribution is -1.98. The third-order valence-corrected chi connectivity index (χ3v) is 2.83. The minimum atomic E-state index is -0.0325. The fourth-order valence-corrected chi connectivity index (χ4v) is 1.85. The van der Waals surface area contributed by atoms with E-state index in [9.17, 15) is 0 Å². The molecule has 100 valence electrons. The molecule has 0 bridgehead atoms. The van der Waals surface area contributed by atoms with E-state index < -0.39 is 0 Å². The number of aryl methyl sites for hydroxylation is 1. The Bertz CT molecular complexity index is 555. The summed E-state index contributed by atoms with van der Waals surface area (Å²) in [4.78, 5) is 4.20. The molecule has 0 aliphatic heterocycles. The van der Waals surface area contributed by atoms with Crippen LogP contribution in [0.3, 0.4) is 0 Å². The second-order valence-corrected chi connectivity index (χ2v) is 4.31. The predicted octanol–water partition coefficient (Wildman–Crippen LogP) is 2.21. The van der Waals surface area contributed by atoms with Gasteiger partial charge >= 0.3 is 0 Å². The summed E-state index contributed by atoms with van der Waals surface area (Å²) >= 11 is 0. The van der Waals surface area contributed by atoms with Crippen molar-refractivity contribution in [3.05, 3.63) is 53.2 Å². The van der Waals surface area contributed by atoms with E-state index in [1.165, 1.54) is 0 Å². The highest BCUT2D eigenvalue weighted by Gasteiger charge is 2.07. The topological polar surface area (TPSA) is 62.6 Å². The second-order valence-electron chi connectivity index (χ2n) is 4.31. The van der Waals surface area contributed by atoms with Crippen molar-refractivity contribution < 1.29 is 14.9 Å². The Balaban J connectivity index is 2.26. The highest BCUT2D eigenvalue weighted by Crippen LogP contribution is 2.26. The molecule has 2 rings (SSSR count). The number of nitrogens with zero attached hydrogens (tertiary/aromatic N) is 1. The Morgan fingerprint density at radius 1 is 1.21 bits per heavy atom. The molecule has 0 fully saturated rings. The molecule has 0 amide bonds. The lowest BCUT2D eigenvalue weighted by atomic mass is 10.1. The first-order valence-electron chi connectivity index (χ1n) is 6.17. The van der Waals surface area contributed by atoms with Crippen molar-refractivity contribution in [1.29, 1.82) is 0 Å². The van der Waals surface area contributed by atoms with Crippen LogP contribution in [0, 0.1) is 6.92 Å². The number of aliphatic hydroxyl groups is 2. The molecular weight excluding hydrogens is 242 g/mol. The zero-order valence-corrected chi connectivity index (χ0v) is 10.8. The number of benzene rings is 1. The van der Waals surface area contributed by atoms with Crippen LogP contribution in [-0.2, 0) is 13.0 Å². The van der Waals surface area contributed by atoms with E-state index >= 15 is 0 Å². The maximum atomic E-state index is 9.05. The third-order valence-electron chi connectivity index (χ3n) is 2.83. The van der Waals surface area contributed by atoms with Crippen LogP contribution in [0.1, 0.15) is 16.7 Å². The largest absolute Gasteiger partial charge is 0.438 e. The molecule has 0 spiro atoms. The predicted molar refractivity (Wildman–Crippen MR) is 72.2 cm³/mol. The fraction of sp³-hybridized carbons (Fsp3) is 0.267. The van der Waals surface area contributed by atoms with Crippen LogP contribution >= 0.6 is 0 Å². The molecule has 2 aromatic rings. The van der Waals surface area contributed by atoms with Gasteiger partial charge in [0.25, 0.3) is 0 Å². The fourth-order valence-electron chi connectivity index (χ4n) is 1.85.